The van der Waals surface area contributed by atoms with Gasteiger partial charge in [-0.2, -0.15) is 18.3 Å². The number of halogens is 4. The minimum absolute atomic E-state index is 0.0682. The topological polar surface area (TPSA) is 103 Å². The van der Waals surface area contributed by atoms with E-state index in [0.717, 1.165) is 6.07 Å². The number of carbonyl (C=O) groups is 2. The van der Waals surface area contributed by atoms with Gasteiger partial charge in [0.25, 0.3) is 5.91 Å². The fourth-order valence-electron chi connectivity index (χ4n) is 3.64. The van der Waals surface area contributed by atoms with E-state index in [4.69, 9.17) is 5.73 Å². The maximum Gasteiger partial charge on any atom is 0.417 e. The molecular weight excluding hydrogens is 478 g/mol. The highest BCUT2D eigenvalue weighted by atomic mass is 19.4. The summed E-state index contributed by atoms with van der Waals surface area (Å²) in [6.45, 7) is 0. The van der Waals surface area contributed by atoms with Crippen molar-refractivity contribution in [1.82, 2.24) is 14.8 Å². The van der Waals surface area contributed by atoms with Crippen molar-refractivity contribution in [3.63, 3.8) is 0 Å². The Morgan fingerprint density at radius 3 is 2.39 bits per heavy atom. The predicted molar refractivity (Wildman–Crippen MR) is 124 cm³/mol. The number of amides is 2. The van der Waals surface area contributed by atoms with Gasteiger partial charge in [0.2, 0.25) is 5.91 Å². The van der Waals surface area contributed by atoms with Crippen molar-refractivity contribution < 1.29 is 27.2 Å². The Morgan fingerprint density at radius 1 is 1.06 bits per heavy atom. The number of primary amides is 1. The monoisotopic (exact) mass is 497 g/mol. The maximum atomic E-state index is 14.8. The molecule has 11 heteroatoms. The van der Waals surface area contributed by atoms with Gasteiger partial charge in [-0.15, -0.1) is 0 Å². The van der Waals surface area contributed by atoms with Crippen LogP contribution in [0.3, 0.4) is 0 Å². The molecule has 0 radical (unpaired) electrons. The molecule has 0 aliphatic rings. The summed E-state index contributed by atoms with van der Waals surface area (Å²) in [5.74, 6) is -2.94. The van der Waals surface area contributed by atoms with Crippen LogP contribution in [0.25, 0.3) is 22.5 Å². The Kier molecular flexibility index (Phi) is 6.56. The number of hydrogen-bond donors (Lipinski definition) is 2. The second kappa shape index (κ2) is 9.61. The summed E-state index contributed by atoms with van der Waals surface area (Å²) < 4.78 is 57.0. The number of nitrogens with two attached hydrogens (primary N) is 1. The number of nitrogens with zero attached hydrogens (tertiary/aromatic N) is 3. The summed E-state index contributed by atoms with van der Waals surface area (Å²) in [6.07, 6.45) is -3.58. The number of alkyl halides is 3. The van der Waals surface area contributed by atoms with Gasteiger partial charge < -0.3 is 11.1 Å². The fraction of sp³-hybridized carbons (Fsp3) is 0.120. The zero-order chi connectivity index (χ0) is 26.0. The average molecular weight is 497 g/mol. The third-order valence-electron chi connectivity index (χ3n) is 5.25. The fourth-order valence-corrected chi connectivity index (χ4v) is 3.64. The number of carbonyl (C=O) groups excluding carboxylic acids is 2. The van der Waals surface area contributed by atoms with Crippen LogP contribution in [-0.4, -0.2) is 26.6 Å². The van der Waals surface area contributed by atoms with Crippen molar-refractivity contribution in [2.75, 3.05) is 5.32 Å². The van der Waals surface area contributed by atoms with Crippen LogP contribution >= 0.6 is 0 Å². The van der Waals surface area contributed by atoms with Crippen LogP contribution in [-0.2, 0) is 24.4 Å². The maximum absolute atomic E-state index is 14.8. The normalized spacial score (nSPS) is 11.4. The van der Waals surface area contributed by atoms with Crippen molar-refractivity contribution in [2.45, 2.75) is 12.6 Å². The summed E-state index contributed by atoms with van der Waals surface area (Å²) in [5.41, 5.74) is 4.26. The molecule has 0 unspecified atom stereocenters. The van der Waals surface area contributed by atoms with Crippen molar-refractivity contribution in [3.05, 3.63) is 89.5 Å². The van der Waals surface area contributed by atoms with Crippen molar-refractivity contribution in [2.24, 2.45) is 12.8 Å². The lowest BCUT2D eigenvalue weighted by Crippen LogP contribution is -2.18. The summed E-state index contributed by atoms with van der Waals surface area (Å²) in [6, 6.07) is 14.0. The third-order valence-corrected chi connectivity index (χ3v) is 5.25. The molecule has 4 aromatic rings. The summed E-state index contributed by atoms with van der Waals surface area (Å²) in [5, 5.41) is 6.50. The molecule has 2 aromatic heterocycles. The second-order valence-corrected chi connectivity index (χ2v) is 7.91. The molecule has 2 heterocycles. The van der Waals surface area contributed by atoms with Gasteiger partial charge in [-0.05, 0) is 30.3 Å². The predicted octanol–water partition coefficient (Wildman–Crippen LogP) is 4.59. The van der Waals surface area contributed by atoms with E-state index in [2.05, 4.69) is 15.4 Å². The molecule has 0 atom stereocenters. The van der Waals surface area contributed by atoms with Crippen LogP contribution in [0.15, 0.2) is 66.9 Å². The van der Waals surface area contributed by atoms with E-state index in [0.29, 0.717) is 11.3 Å². The molecule has 184 valence electrons. The molecule has 0 aliphatic carbocycles. The number of rotatable bonds is 6. The number of pyridine rings is 1. The molecule has 2 amide bonds. The molecule has 7 nitrogen and oxygen atoms in total. The molecule has 0 spiro atoms. The first-order valence-corrected chi connectivity index (χ1v) is 10.6. The minimum atomic E-state index is -4.87. The van der Waals surface area contributed by atoms with Crippen LogP contribution in [0, 0.1) is 5.82 Å². The number of hydrogen-bond acceptors (Lipinski definition) is 4. The lowest BCUT2D eigenvalue weighted by molar-refractivity contribution is -0.137. The number of aromatic nitrogens is 3. The second-order valence-electron chi connectivity index (χ2n) is 7.91. The van der Waals surface area contributed by atoms with E-state index in [-0.39, 0.29) is 29.6 Å². The first-order valence-electron chi connectivity index (χ1n) is 10.6. The van der Waals surface area contributed by atoms with Gasteiger partial charge in [0.1, 0.15) is 5.82 Å². The Balaban J connectivity index is 1.77. The third kappa shape index (κ3) is 5.24. The largest absolute Gasteiger partial charge is 0.417 e. The molecule has 0 aliphatic heterocycles. The Labute approximate surface area is 202 Å². The molecule has 0 saturated carbocycles. The van der Waals surface area contributed by atoms with E-state index >= 15 is 0 Å². The van der Waals surface area contributed by atoms with Gasteiger partial charge >= 0.3 is 6.18 Å². The van der Waals surface area contributed by atoms with E-state index in [9.17, 15) is 27.2 Å². The minimum Gasteiger partial charge on any atom is -0.369 e. The lowest BCUT2D eigenvalue weighted by Gasteiger charge is -2.16. The van der Waals surface area contributed by atoms with Crippen LogP contribution in [0.5, 0.6) is 0 Å². The van der Waals surface area contributed by atoms with Crippen molar-refractivity contribution >= 4 is 17.5 Å². The van der Waals surface area contributed by atoms with E-state index in [1.165, 1.54) is 36.1 Å². The molecule has 36 heavy (non-hydrogen) atoms. The number of aryl methyl sites for hydroxylation is 1. The highest BCUT2D eigenvalue weighted by molar-refractivity contribution is 6.07. The van der Waals surface area contributed by atoms with Crippen molar-refractivity contribution in [1.29, 1.82) is 0 Å². The highest BCUT2D eigenvalue weighted by Crippen LogP contribution is 2.38. The van der Waals surface area contributed by atoms with Gasteiger partial charge in [0.05, 0.1) is 40.3 Å². The lowest BCUT2D eigenvalue weighted by atomic mass is 9.99. The first-order chi connectivity index (χ1) is 17.0. The standard InChI is InChI=1S/C25H19F4N5O2/c1-34-10-9-20(33-34)16-12-17(19(26)13-18(16)25(27,28)29)24(36)32-21-8-7-15(11-22(30)35)31-23(21)14-5-3-2-4-6-14/h2-10,12-13H,11H2,1H3,(H2,30,35)(H,32,36). The molecule has 0 saturated heterocycles. The van der Waals surface area contributed by atoms with Crippen LogP contribution < -0.4 is 11.1 Å². The van der Waals surface area contributed by atoms with Crippen LogP contribution in [0.4, 0.5) is 23.2 Å². The molecule has 2 aromatic carbocycles. The number of benzene rings is 2. The van der Waals surface area contributed by atoms with E-state index in [1.54, 1.807) is 30.3 Å². The van der Waals surface area contributed by atoms with Gasteiger partial charge in [-0.1, -0.05) is 30.3 Å². The first kappa shape index (κ1) is 24.6. The van der Waals surface area contributed by atoms with Gasteiger partial charge in [0, 0.05) is 24.4 Å². The van der Waals surface area contributed by atoms with Crippen molar-refractivity contribution in [3.8, 4) is 22.5 Å². The van der Waals surface area contributed by atoms with E-state index in [1.807, 2.05) is 0 Å². The highest BCUT2D eigenvalue weighted by Gasteiger charge is 2.36. The Bertz CT molecular complexity index is 1450. The van der Waals surface area contributed by atoms with E-state index < -0.39 is 40.5 Å². The van der Waals surface area contributed by atoms with Crippen LogP contribution in [0.2, 0.25) is 0 Å². The SMILES string of the molecule is Cn1ccc(-c2cc(C(=O)Nc3ccc(CC(N)=O)nc3-c3ccccc3)c(F)cc2C(F)(F)F)n1. The molecule has 3 N–H and O–H groups in total. The Morgan fingerprint density at radius 2 is 1.78 bits per heavy atom. The molecular formula is C25H19F4N5O2. The van der Waals surface area contributed by atoms with Gasteiger partial charge in [-0.25, -0.2) is 4.39 Å². The Hall–Kier alpha value is -4.54. The molecule has 0 fully saturated rings. The summed E-state index contributed by atoms with van der Waals surface area (Å²) in [7, 11) is 1.52. The van der Waals surface area contributed by atoms with Crippen LogP contribution in [0.1, 0.15) is 21.6 Å². The quantitative estimate of drug-likeness (QED) is 0.381. The summed E-state index contributed by atoms with van der Waals surface area (Å²) in [4.78, 5) is 28.8. The molecule has 4 rings (SSSR count). The molecule has 0 bridgehead atoms. The zero-order valence-corrected chi connectivity index (χ0v) is 18.8. The zero-order valence-electron chi connectivity index (χ0n) is 18.8. The average Bonchev–Trinajstić information content (AvgIpc) is 3.25. The smallest absolute Gasteiger partial charge is 0.369 e. The number of nitrogens with one attached hydrogen (secondary N) is 1. The van der Waals surface area contributed by atoms with Gasteiger partial charge in [0.15, 0.2) is 0 Å². The number of anilines is 1. The summed E-state index contributed by atoms with van der Waals surface area (Å²) >= 11 is 0. The van der Waals surface area contributed by atoms with Gasteiger partial charge in [-0.3, -0.25) is 19.3 Å².